The van der Waals surface area contributed by atoms with Crippen LogP contribution in [0.3, 0.4) is 0 Å². The van der Waals surface area contributed by atoms with Crippen LogP contribution in [0.4, 0.5) is 0 Å². The molecule has 2 nitrogen and oxygen atoms in total. The Labute approximate surface area is 155 Å². The number of thiophene rings is 1. The van der Waals surface area contributed by atoms with Gasteiger partial charge in [-0.25, -0.2) is 0 Å². The van der Waals surface area contributed by atoms with Crippen LogP contribution in [0.25, 0.3) is 21.8 Å². The standard InChI is InChI=1S/C22H26N2S/c1-2-3-4-5-6-7-10-19-12-13-22(25-19)18-14-16-24-21(17-18)20-11-8-9-15-23-20/h8-9,11-17H,2-7,10H2,1H3. The zero-order valence-corrected chi connectivity index (χ0v) is 15.8. The maximum Gasteiger partial charge on any atom is 0.0892 e. The molecule has 0 aliphatic carbocycles. The van der Waals surface area contributed by atoms with E-state index in [-0.39, 0.29) is 0 Å². The molecule has 3 aromatic heterocycles. The van der Waals surface area contributed by atoms with E-state index in [4.69, 9.17) is 0 Å². The molecule has 0 fully saturated rings. The first kappa shape index (κ1) is 17.8. The fourth-order valence-electron chi connectivity index (χ4n) is 2.99. The van der Waals surface area contributed by atoms with Gasteiger partial charge in [-0.15, -0.1) is 11.3 Å². The first-order chi connectivity index (χ1) is 12.4. The van der Waals surface area contributed by atoms with Gasteiger partial charge in [0.25, 0.3) is 0 Å². The molecule has 3 aromatic rings. The van der Waals surface area contributed by atoms with Gasteiger partial charge in [0.2, 0.25) is 0 Å². The van der Waals surface area contributed by atoms with Crippen molar-refractivity contribution in [2.75, 3.05) is 0 Å². The summed E-state index contributed by atoms with van der Waals surface area (Å²) in [6, 6.07) is 14.7. The highest BCUT2D eigenvalue weighted by Gasteiger charge is 2.06. The molecule has 25 heavy (non-hydrogen) atoms. The van der Waals surface area contributed by atoms with Gasteiger partial charge in [-0.2, -0.15) is 0 Å². The van der Waals surface area contributed by atoms with Gasteiger partial charge in [-0.3, -0.25) is 9.97 Å². The van der Waals surface area contributed by atoms with E-state index in [9.17, 15) is 0 Å². The van der Waals surface area contributed by atoms with Crippen molar-refractivity contribution < 1.29 is 0 Å². The van der Waals surface area contributed by atoms with Gasteiger partial charge in [-0.05, 0) is 54.8 Å². The third-order valence-electron chi connectivity index (χ3n) is 4.41. The molecule has 3 heteroatoms. The summed E-state index contributed by atoms with van der Waals surface area (Å²) in [6.45, 7) is 2.27. The molecular formula is C22H26N2S. The van der Waals surface area contributed by atoms with E-state index in [1.807, 2.05) is 41.9 Å². The van der Waals surface area contributed by atoms with Crippen LogP contribution in [0, 0.1) is 0 Å². The van der Waals surface area contributed by atoms with Gasteiger partial charge in [0.15, 0.2) is 0 Å². The molecule has 0 aliphatic rings. The maximum absolute atomic E-state index is 4.47. The minimum atomic E-state index is 0.924. The monoisotopic (exact) mass is 350 g/mol. The van der Waals surface area contributed by atoms with Crippen molar-refractivity contribution in [2.24, 2.45) is 0 Å². The summed E-state index contributed by atoms with van der Waals surface area (Å²) in [5.74, 6) is 0. The molecule has 0 spiro atoms. The van der Waals surface area contributed by atoms with Gasteiger partial charge in [0.05, 0.1) is 11.4 Å². The van der Waals surface area contributed by atoms with Crippen molar-refractivity contribution in [1.82, 2.24) is 9.97 Å². The molecule has 0 unspecified atom stereocenters. The third-order valence-corrected chi connectivity index (χ3v) is 5.60. The minimum Gasteiger partial charge on any atom is -0.255 e. The van der Waals surface area contributed by atoms with Gasteiger partial charge in [-0.1, -0.05) is 45.1 Å². The Morgan fingerprint density at radius 3 is 2.48 bits per heavy atom. The molecule has 0 N–H and O–H groups in total. The topological polar surface area (TPSA) is 25.8 Å². The first-order valence-corrected chi connectivity index (χ1v) is 10.1. The fourth-order valence-corrected chi connectivity index (χ4v) is 4.03. The van der Waals surface area contributed by atoms with Gasteiger partial charge >= 0.3 is 0 Å². The van der Waals surface area contributed by atoms with Crippen LogP contribution in [-0.2, 0) is 6.42 Å². The van der Waals surface area contributed by atoms with Crippen LogP contribution in [0.5, 0.6) is 0 Å². The van der Waals surface area contributed by atoms with Gasteiger partial charge < -0.3 is 0 Å². The summed E-state index contributed by atoms with van der Waals surface area (Å²) in [4.78, 5) is 11.7. The molecule has 0 bridgehead atoms. The molecule has 0 aliphatic heterocycles. The smallest absolute Gasteiger partial charge is 0.0892 e. The van der Waals surface area contributed by atoms with Crippen LogP contribution in [0.2, 0.25) is 0 Å². The number of hydrogen-bond acceptors (Lipinski definition) is 3. The summed E-state index contributed by atoms with van der Waals surface area (Å²) < 4.78 is 0. The van der Waals surface area contributed by atoms with Crippen molar-refractivity contribution in [2.45, 2.75) is 51.9 Å². The Morgan fingerprint density at radius 2 is 1.64 bits per heavy atom. The molecule has 0 amide bonds. The number of unbranched alkanes of at least 4 members (excludes halogenated alkanes) is 5. The lowest BCUT2D eigenvalue weighted by Crippen LogP contribution is -1.86. The maximum atomic E-state index is 4.47. The number of rotatable bonds is 9. The second-order valence-electron chi connectivity index (χ2n) is 6.43. The van der Waals surface area contributed by atoms with E-state index in [1.54, 1.807) is 0 Å². The highest BCUT2D eigenvalue weighted by molar-refractivity contribution is 7.15. The van der Waals surface area contributed by atoms with Crippen molar-refractivity contribution in [3.05, 3.63) is 59.7 Å². The van der Waals surface area contributed by atoms with Crippen LogP contribution in [-0.4, -0.2) is 9.97 Å². The molecule has 0 saturated heterocycles. The van der Waals surface area contributed by atoms with E-state index < -0.39 is 0 Å². The third kappa shape index (κ3) is 5.23. The average Bonchev–Trinajstić information content (AvgIpc) is 3.14. The number of nitrogens with zero attached hydrogens (tertiary/aromatic N) is 2. The summed E-state index contributed by atoms with van der Waals surface area (Å²) in [6.07, 6.45) is 13.0. The molecule has 3 rings (SSSR count). The van der Waals surface area contributed by atoms with Gasteiger partial charge in [0.1, 0.15) is 0 Å². The number of aromatic nitrogens is 2. The summed E-state index contributed by atoms with van der Waals surface area (Å²) in [5, 5.41) is 0. The molecule has 0 aromatic carbocycles. The van der Waals surface area contributed by atoms with Crippen molar-refractivity contribution in [3.8, 4) is 21.8 Å². The molecule has 0 saturated carbocycles. The quantitative estimate of drug-likeness (QED) is 0.398. The van der Waals surface area contributed by atoms with E-state index in [0.717, 1.165) is 11.4 Å². The van der Waals surface area contributed by atoms with Crippen LogP contribution >= 0.6 is 11.3 Å². The minimum absolute atomic E-state index is 0.924. The van der Waals surface area contributed by atoms with Crippen LogP contribution < -0.4 is 0 Å². The fraction of sp³-hybridized carbons (Fsp3) is 0.364. The molecule has 0 radical (unpaired) electrons. The Morgan fingerprint density at radius 1 is 0.800 bits per heavy atom. The lowest BCUT2D eigenvalue weighted by Gasteiger charge is -2.02. The summed E-state index contributed by atoms with van der Waals surface area (Å²) >= 11 is 1.91. The molecule has 0 atom stereocenters. The number of hydrogen-bond donors (Lipinski definition) is 0. The van der Waals surface area contributed by atoms with Crippen molar-refractivity contribution >= 4 is 11.3 Å². The lowest BCUT2D eigenvalue weighted by atomic mass is 10.1. The Bertz CT molecular complexity index is 764. The normalized spacial score (nSPS) is 10.9. The van der Waals surface area contributed by atoms with E-state index in [2.05, 4.69) is 41.2 Å². The number of pyridine rings is 2. The van der Waals surface area contributed by atoms with Crippen molar-refractivity contribution in [3.63, 3.8) is 0 Å². The molecule has 3 heterocycles. The first-order valence-electron chi connectivity index (χ1n) is 9.33. The van der Waals surface area contributed by atoms with E-state index in [1.165, 1.54) is 60.3 Å². The highest BCUT2D eigenvalue weighted by atomic mass is 32.1. The predicted octanol–water partition coefficient (Wildman–Crippen LogP) is 6.78. The summed E-state index contributed by atoms with van der Waals surface area (Å²) in [7, 11) is 0. The second kappa shape index (κ2) is 9.47. The Hall–Kier alpha value is -2.00. The largest absolute Gasteiger partial charge is 0.255 e. The zero-order valence-electron chi connectivity index (χ0n) is 14.9. The Balaban J connectivity index is 1.61. The lowest BCUT2D eigenvalue weighted by molar-refractivity contribution is 0.609. The zero-order chi connectivity index (χ0) is 17.3. The number of aryl methyl sites for hydroxylation is 1. The molecule has 130 valence electrons. The van der Waals surface area contributed by atoms with E-state index in [0.29, 0.717) is 0 Å². The molecular weight excluding hydrogens is 324 g/mol. The predicted molar refractivity (Wildman–Crippen MR) is 108 cm³/mol. The van der Waals surface area contributed by atoms with Crippen molar-refractivity contribution in [1.29, 1.82) is 0 Å². The average molecular weight is 351 g/mol. The van der Waals surface area contributed by atoms with Gasteiger partial charge in [0, 0.05) is 22.1 Å². The SMILES string of the molecule is CCCCCCCCc1ccc(-c2ccnc(-c3ccccn3)c2)s1. The van der Waals surface area contributed by atoms with Crippen LogP contribution in [0.15, 0.2) is 54.9 Å². The van der Waals surface area contributed by atoms with E-state index >= 15 is 0 Å². The summed E-state index contributed by atoms with van der Waals surface area (Å²) in [5.41, 5.74) is 3.09. The second-order valence-corrected chi connectivity index (χ2v) is 7.60. The highest BCUT2D eigenvalue weighted by Crippen LogP contribution is 2.30. The van der Waals surface area contributed by atoms with Crippen LogP contribution in [0.1, 0.15) is 50.3 Å². The Kier molecular flexibility index (Phi) is 6.75.